The number of halogens is 1. The predicted octanol–water partition coefficient (Wildman–Crippen LogP) is 2.64. The fraction of sp³-hybridized carbons (Fsp3) is 0.0625. The van der Waals surface area contributed by atoms with Gasteiger partial charge < -0.3 is 5.32 Å². The van der Waals surface area contributed by atoms with Crippen molar-refractivity contribution >= 4 is 45.2 Å². The number of aromatic nitrogens is 2. The van der Waals surface area contributed by atoms with Crippen molar-refractivity contribution in [2.24, 2.45) is 0 Å². The largest absolute Gasteiger partial charge is 0.325 e. The zero-order valence-electron chi connectivity index (χ0n) is 11.5. The standard InChI is InChI=1S/C16H12IN3O2/c17-11-4-3-5-12(8-11)19-15(21)10-20-14-7-2-1-6-13(14)18-9-16(20)22/h1-9H,10H2,(H,19,21). The lowest BCUT2D eigenvalue weighted by molar-refractivity contribution is -0.116. The second kappa shape index (κ2) is 6.27. The van der Waals surface area contributed by atoms with E-state index in [0.717, 1.165) is 3.57 Å². The smallest absolute Gasteiger partial charge is 0.269 e. The maximum atomic E-state index is 12.2. The van der Waals surface area contributed by atoms with Gasteiger partial charge in [-0.15, -0.1) is 0 Å². The molecular weight excluding hydrogens is 393 g/mol. The molecule has 1 aromatic heterocycles. The third kappa shape index (κ3) is 3.16. The summed E-state index contributed by atoms with van der Waals surface area (Å²) in [5, 5.41) is 2.80. The highest BCUT2D eigenvalue weighted by molar-refractivity contribution is 14.1. The Morgan fingerprint density at radius 2 is 2.00 bits per heavy atom. The summed E-state index contributed by atoms with van der Waals surface area (Å²) in [5.74, 6) is -0.250. The lowest BCUT2D eigenvalue weighted by atomic mass is 10.3. The van der Waals surface area contributed by atoms with Gasteiger partial charge in [0.2, 0.25) is 5.91 Å². The molecule has 2 aromatic carbocycles. The van der Waals surface area contributed by atoms with Gasteiger partial charge in [0.1, 0.15) is 6.54 Å². The van der Waals surface area contributed by atoms with E-state index in [2.05, 4.69) is 32.9 Å². The van der Waals surface area contributed by atoms with Crippen LogP contribution < -0.4 is 10.9 Å². The highest BCUT2D eigenvalue weighted by Gasteiger charge is 2.09. The van der Waals surface area contributed by atoms with Crippen molar-refractivity contribution in [3.8, 4) is 0 Å². The summed E-state index contributed by atoms with van der Waals surface area (Å²) in [6.45, 7) is -0.0483. The highest BCUT2D eigenvalue weighted by atomic mass is 127. The number of amides is 1. The molecule has 0 aliphatic rings. The van der Waals surface area contributed by atoms with Crippen LogP contribution in [0.15, 0.2) is 59.5 Å². The van der Waals surface area contributed by atoms with Gasteiger partial charge in [-0.1, -0.05) is 18.2 Å². The SMILES string of the molecule is O=C(Cn1c(=O)cnc2ccccc21)Nc1cccc(I)c1. The molecule has 3 aromatic rings. The second-order valence-corrected chi connectivity index (χ2v) is 5.98. The Morgan fingerprint density at radius 1 is 1.18 bits per heavy atom. The first-order valence-corrected chi connectivity index (χ1v) is 7.71. The molecule has 0 saturated heterocycles. The van der Waals surface area contributed by atoms with Gasteiger partial charge in [-0.3, -0.25) is 14.2 Å². The van der Waals surface area contributed by atoms with Crippen molar-refractivity contribution in [1.29, 1.82) is 0 Å². The number of hydrogen-bond donors (Lipinski definition) is 1. The summed E-state index contributed by atoms with van der Waals surface area (Å²) in [6, 6.07) is 14.7. The fourth-order valence-corrected chi connectivity index (χ4v) is 2.73. The monoisotopic (exact) mass is 405 g/mol. The van der Waals surface area contributed by atoms with Crippen LogP contribution in [0.2, 0.25) is 0 Å². The van der Waals surface area contributed by atoms with E-state index in [9.17, 15) is 9.59 Å². The maximum absolute atomic E-state index is 12.2. The first-order chi connectivity index (χ1) is 10.6. The molecule has 0 atom stereocenters. The minimum Gasteiger partial charge on any atom is -0.325 e. The second-order valence-electron chi connectivity index (χ2n) is 4.73. The van der Waals surface area contributed by atoms with Gasteiger partial charge in [-0.05, 0) is 52.9 Å². The Morgan fingerprint density at radius 3 is 2.82 bits per heavy atom. The molecule has 6 heteroatoms. The van der Waals surface area contributed by atoms with E-state index in [-0.39, 0.29) is 18.0 Å². The summed E-state index contributed by atoms with van der Waals surface area (Å²) < 4.78 is 2.45. The number of fused-ring (bicyclic) bond motifs is 1. The van der Waals surface area contributed by atoms with Crippen molar-refractivity contribution < 1.29 is 4.79 Å². The molecule has 22 heavy (non-hydrogen) atoms. The Hall–Kier alpha value is -2.22. The minimum absolute atomic E-state index is 0.0483. The number of benzene rings is 2. The fourth-order valence-electron chi connectivity index (χ4n) is 2.19. The zero-order chi connectivity index (χ0) is 15.5. The quantitative estimate of drug-likeness (QED) is 0.682. The summed E-state index contributed by atoms with van der Waals surface area (Å²) in [7, 11) is 0. The van der Waals surface area contributed by atoms with Gasteiger partial charge in [-0.25, -0.2) is 4.98 Å². The molecule has 0 spiro atoms. The zero-order valence-corrected chi connectivity index (χ0v) is 13.6. The summed E-state index contributed by atoms with van der Waals surface area (Å²) in [6.07, 6.45) is 1.24. The van der Waals surface area contributed by atoms with E-state index in [1.165, 1.54) is 10.8 Å². The Labute approximate surface area is 140 Å². The molecule has 0 aliphatic carbocycles. The van der Waals surface area contributed by atoms with E-state index < -0.39 is 0 Å². The molecule has 3 rings (SSSR count). The molecule has 1 N–H and O–H groups in total. The molecule has 1 amide bonds. The third-order valence-corrected chi connectivity index (χ3v) is 3.83. The van der Waals surface area contributed by atoms with Crippen LogP contribution in [0.3, 0.4) is 0 Å². The number of hydrogen-bond acceptors (Lipinski definition) is 3. The van der Waals surface area contributed by atoms with Crippen molar-refractivity contribution in [3.63, 3.8) is 0 Å². The van der Waals surface area contributed by atoms with E-state index in [1.54, 1.807) is 6.07 Å². The lowest BCUT2D eigenvalue weighted by Gasteiger charge is -2.10. The number of rotatable bonds is 3. The number of carbonyl (C=O) groups is 1. The molecule has 110 valence electrons. The molecule has 1 heterocycles. The van der Waals surface area contributed by atoms with Gasteiger partial charge in [0.05, 0.1) is 17.2 Å². The van der Waals surface area contributed by atoms with E-state index in [1.807, 2.05) is 42.5 Å². The van der Waals surface area contributed by atoms with Crippen molar-refractivity contribution in [2.75, 3.05) is 5.32 Å². The van der Waals surface area contributed by atoms with Crippen LogP contribution in [0.25, 0.3) is 11.0 Å². The topological polar surface area (TPSA) is 64.0 Å². The molecular formula is C16H12IN3O2. The maximum Gasteiger partial charge on any atom is 0.269 e. The summed E-state index contributed by atoms with van der Waals surface area (Å²) in [5.41, 5.74) is 1.75. The Bertz CT molecular complexity index is 905. The van der Waals surface area contributed by atoms with Crippen molar-refractivity contribution in [3.05, 3.63) is 68.7 Å². The average Bonchev–Trinajstić information content (AvgIpc) is 2.50. The van der Waals surface area contributed by atoms with Gasteiger partial charge in [-0.2, -0.15) is 0 Å². The van der Waals surface area contributed by atoms with Crippen molar-refractivity contribution in [1.82, 2.24) is 9.55 Å². The molecule has 0 unspecified atom stereocenters. The van der Waals surface area contributed by atoms with Crippen LogP contribution in [0.5, 0.6) is 0 Å². The molecule has 5 nitrogen and oxygen atoms in total. The number of para-hydroxylation sites is 2. The lowest BCUT2D eigenvalue weighted by Crippen LogP contribution is -2.27. The highest BCUT2D eigenvalue weighted by Crippen LogP contribution is 2.13. The Kier molecular flexibility index (Phi) is 4.19. The first-order valence-electron chi connectivity index (χ1n) is 6.63. The molecule has 0 aliphatic heterocycles. The van der Waals surface area contributed by atoms with E-state index in [0.29, 0.717) is 16.7 Å². The molecule has 0 saturated carbocycles. The number of nitrogens with one attached hydrogen (secondary N) is 1. The van der Waals surface area contributed by atoms with E-state index >= 15 is 0 Å². The molecule has 0 fully saturated rings. The van der Waals surface area contributed by atoms with Crippen LogP contribution in [-0.2, 0) is 11.3 Å². The van der Waals surface area contributed by atoms with Crippen LogP contribution in [0, 0.1) is 3.57 Å². The van der Waals surface area contributed by atoms with E-state index in [4.69, 9.17) is 0 Å². The van der Waals surface area contributed by atoms with Crippen LogP contribution in [0.4, 0.5) is 5.69 Å². The number of carbonyl (C=O) groups excluding carboxylic acids is 1. The van der Waals surface area contributed by atoms with Crippen molar-refractivity contribution in [2.45, 2.75) is 6.54 Å². The molecule has 0 radical (unpaired) electrons. The van der Waals surface area contributed by atoms with Gasteiger partial charge >= 0.3 is 0 Å². The average molecular weight is 405 g/mol. The van der Waals surface area contributed by atoms with Gasteiger partial charge in [0, 0.05) is 9.26 Å². The minimum atomic E-state index is -0.295. The first kappa shape index (κ1) is 14.7. The normalized spacial score (nSPS) is 10.6. The number of nitrogens with zero attached hydrogens (tertiary/aromatic N) is 2. The van der Waals surface area contributed by atoms with Crippen LogP contribution in [-0.4, -0.2) is 15.5 Å². The third-order valence-electron chi connectivity index (χ3n) is 3.16. The molecule has 0 bridgehead atoms. The van der Waals surface area contributed by atoms with Crippen LogP contribution >= 0.6 is 22.6 Å². The number of anilines is 1. The van der Waals surface area contributed by atoms with Gasteiger partial charge in [0.25, 0.3) is 5.56 Å². The Balaban J connectivity index is 1.88. The van der Waals surface area contributed by atoms with Crippen LogP contribution in [0.1, 0.15) is 0 Å². The summed E-state index contributed by atoms with van der Waals surface area (Å²) >= 11 is 2.18. The summed E-state index contributed by atoms with van der Waals surface area (Å²) in [4.78, 5) is 28.3. The predicted molar refractivity (Wildman–Crippen MR) is 93.8 cm³/mol. The van der Waals surface area contributed by atoms with Gasteiger partial charge in [0.15, 0.2) is 0 Å².